The summed E-state index contributed by atoms with van der Waals surface area (Å²) in [7, 11) is 1.96. The number of hydrogen-bond donors (Lipinski definition) is 1. The Kier molecular flexibility index (Phi) is 4.95. The standard InChI is InChI=1S/C13H22BrN3/c1-10(7-6-8-15-13(2,3)4)12-11(14)9-16-17(12)5/h7,9,15H,6,8H2,1-5H3. The molecule has 0 radical (unpaired) electrons. The van der Waals surface area contributed by atoms with Gasteiger partial charge in [-0.25, -0.2) is 0 Å². The number of halogens is 1. The maximum absolute atomic E-state index is 4.22. The molecular formula is C13H22BrN3. The molecule has 1 aromatic heterocycles. The van der Waals surface area contributed by atoms with Crippen molar-refractivity contribution >= 4 is 21.5 Å². The van der Waals surface area contributed by atoms with Crippen LogP contribution in [0.3, 0.4) is 0 Å². The average Bonchev–Trinajstić information content (AvgIpc) is 2.52. The Balaban J connectivity index is 2.56. The van der Waals surface area contributed by atoms with Crippen LogP contribution in [-0.4, -0.2) is 21.9 Å². The molecule has 0 aliphatic carbocycles. The summed E-state index contributed by atoms with van der Waals surface area (Å²) in [5, 5.41) is 7.69. The highest BCUT2D eigenvalue weighted by Gasteiger charge is 2.08. The number of aryl methyl sites for hydroxylation is 1. The highest BCUT2D eigenvalue weighted by Crippen LogP contribution is 2.23. The first kappa shape index (κ1) is 14.5. The lowest BCUT2D eigenvalue weighted by Gasteiger charge is -2.19. The average molecular weight is 300 g/mol. The zero-order chi connectivity index (χ0) is 13.1. The van der Waals surface area contributed by atoms with Crippen molar-refractivity contribution in [2.24, 2.45) is 7.05 Å². The molecule has 1 rings (SSSR count). The van der Waals surface area contributed by atoms with Crippen molar-refractivity contribution < 1.29 is 0 Å². The van der Waals surface area contributed by atoms with Gasteiger partial charge in [-0.2, -0.15) is 5.10 Å². The molecule has 1 heterocycles. The zero-order valence-corrected chi connectivity index (χ0v) is 12.9. The summed E-state index contributed by atoms with van der Waals surface area (Å²) in [4.78, 5) is 0. The Labute approximate surface area is 112 Å². The fourth-order valence-corrected chi connectivity index (χ4v) is 2.35. The maximum Gasteiger partial charge on any atom is 0.0774 e. The van der Waals surface area contributed by atoms with E-state index in [2.05, 4.69) is 60.1 Å². The molecule has 0 aliphatic heterocycles. The minimum atomic E-state index is 0.189. The molecule has 0 aromatic carbocycles. The third-order valence-electron chi connectivity index (χ3n) is 2.52. The third kappa shape index (κ3) is 4.64. The van der Waals surface area contributed by atoms with Crippen LogP contribution in [-0.2, 0) is 7.05 Å². The van der Waals surface area contributed by atoms with Crippen LogP contribution >= 0.6 is 15.9 Å². The summed E-state index contributed by atoms with van der Waals surface area (Å²) in [6.45, 7) is 9.67. The Bertz CT molecular complexity index is 380. The summed E-state index contributed by atoms with van der Waals surface area (Å²) >= 11 is 3.52. The van der Waals surface area contributed by atoms with Crippen LogP contribution in [0.1, 0.15) is 39.8 Å². The molecule has 3 nitrogen and oxygen atoms in total. The van der Waals surface area contributed by atoms with Gasteiger partial charge in [0, 0.05) is 12.6 Å². The molecule has 0 bridgehead atoms. The molecule has 17 heavy (non-hydrogen) atoms. The van der Waals surface area contributed by atoms with Gasteiger partial charge in [-0.15, -0.1) is 0 Å². The van der Waals surface area contributed by atoms with E-state index in [1.165, 1.54) is 5.57 Å². The van der Waals surface area contributed by atoms with Crippen molar-refractivity contribution in [3.05, 3.63) is 22.4 Å². The van der Waals surface area contributed by atoms with E-state index < -0.39 is 0 Å². The predicted molar refractivity (Wildman–Crippen MR) is 76.9 cm³/mol. The number of nitrogens with one attached hydrogen (secondary N) is 1. The molecule has 1 N–H and O–H groups in total. The zero-order valence-electron chi connectivity index (χ0n) is 11.3. The van der Waals surface area contributed by atoms with Gasteiger partial charge in [0.25, 0.3) is 0 Å². The van der Waals surface area contributed by atoms with Crippen LogP contribution in [0.25, 0.3) is 5.57 Å². The first-order valence-corrected chi connectivity index (χ1v) is 6.70. The molecule has 0 saturated heterocycles. The van der Waals surface area contributed by atoms with Crippen molar-refractivity contribution in [1.82, 2.24) is 15.1 Å². The van der Waals surface area contributed by atoms with E-state index in [0.717, 1.165) is 23.1 Å². The van der Waals surface area contributed by atoms with E-state index >= 15 is 0 Å². The minimum absolute atomic E-state index is 0.189. The van der Waals surface area contributed by atoms with Gasteiger partial charge in [-0.3, -0.25) is 4.68 Å². The van der Waals surface area contributed by atoms with Crippen LogP contribution in [0.5, 0.6) is 0 Å². The molecule has 0 aliphatic rings. The van der Waals surface area contributed by atoms with E-state index in [9.17, 15) is 0 Å². The summed E-state index contributed by atoms with van der Waals surface area (Å²) in [6, 6.07) is 0. The number of hydrogen-bond acceptors (Lipinski definition) is 2. The van der Waals surface area contributed by atoms with Gasteiger partial charge in [0.05, 0.1) is 16.4 Å². The lowest BCUT2D eigenvalue weighted by Crippen LogP contribution is -2.36. The quantitative estimate of drug-likeness (QED) is 0.864. The summed E-state index contributed by atoms with van der Waals surface area (Å²) < 4.78 is 2.95. The molecule has 4 heteroatoms. The van der Waals surface area contributed by atoms with Crippen LogP contribution < -0.4 is 5.32 Å². The van der Waals surface area contributed by atoms with Gasteiger partial charge in [-0.05, 0) is 62.2 Å². The second-order valence-electron chi connectivity index (χ2n) is 5.32. The van der Waals surface area contributed by atoms with Gasteiger partial charge in [0.1, 0.15) is 0 Å². The van der Waals surface area contributed by atoms with E-state index in [-0.39, 0.29) is 5.54 Å². The second-order valence-corrected chi connectivity index (χ2v) is 6.17. The van der Waals surface area contributed by atoms with Crippen molar-refractivity contribution in [2.45, 2.75) is 39.7 Å². The first-order valence-electron chi connectivity index (χ1n) is 5.91. The smallest absolute Gasteiger partial charge is 0.0774 e. The number of rotatable bonds is 4. The van der Waals surface area contributed by atoms with Gasteiger partial charge in [0.15, 0.2) is 0 Å². The summed E-state index contributed by atoms with van der Waals surface area (Å²) in [5.41, 5.74) is 2.60. The van der Waals surface area contributed by atoms with Gasteiger partial charge < -0.3 is 5.32 Å². The molecule has 0 fully saturated rings. The molecule has 0 atom stereocenters. The van der Waals surface area contributed by atoms with Crippen molar-refractivity contribution in [2.75, 3.05) is 6.54 Å². The number of allylic oxidation sites excluding steroid dienone is 1. The highest BCUT2D eigenvalue weighted by molar-refractivity contribution is 9.10. The van der Waals surface area contributed by atoms with Crippen LogP contribution in [0, 0.1) is 0 Å². The molecule has 1 aromatic rings. The van der Waals surface area contributed by atoms with E-state index in [0.29, 0.717) is 0 Å². The molecule has 0 amide bonds. The Hall–Kier alpha value is -0.610. The van der Waals surface area contributed by atoms with Crippen LogP contribution in [0.2, 0.25) is 0 Å². The lowest BCUT2D eigenvalue weighted by atomic mass is 10.1. The van der Waals surface area contributed by atoms with Crippen LogP contribution in [0.15, 0.2) is 16.7 Å². The molecular weight excluding hydrogens is 278 g/mol. The van der Waals surface area contributed by atoms with Crippen molar-refractivity contribution in [1.29, 1.82) is 0 Å². The van der Waals surface area contributed by atoms with Gasteiger partial charge in [0.2, 0.25) is 0 Å². The number of aromatic nitrogens is 2. The molecule has 96 valence electrons. The van der Waals surface area contributed by atoms with Crippen LogP contribution in [0.4, 0.5) is 0 Å². The Morgan fingerprint density at radius 2 is 2.18 bits per heavy atom. The normalized spacial score (nSPS) is 13.2. The van der Waals surface area contributed by atoms with E-state index in [1.54, 1.807) is 0 Å². The topological polar surface area (TPSA) is 29.9 Å². The lowest BCUT2D eigenvalue weighted by molar-refractivity contribution is 0.431. The Morgan fingerprint density at radius 3 is 2.65 bits per heavy atom. The summed E-state index contributed by atoms with van der Waals surface area (Å²) in [5.74, 6) is 0. The predicted octanol–water partition coefficient (Wildman–Crippen LogP) is 3.36. The largest absolute Gasteiger partial charge is 0.312 e. The van der Waals surface area contributed by atoms with Crippen molar-refractivity contribution in [3.63, 3.8) is 0 Å². The number of nitrogens with zero attached hydrogens (tertiary/aromatic N) is 2. The SMILES string of the molecule is CC(=CCCNC(C)(C)C)c1c(Br)cnn1C. The highest BCUT2D eigenvalue weighted by atomic mass is 79.9. The van der Waals surface area contributed by atoms with E-state index in [4.69, 9.17) is 0 Å². The van der Waals surface area contributed by atoms with Gasteiger partial charge in [-0.1, -0.05) is 6.08 Å². The third-order valence-corrected chi connectivity index (χ3v) is 3.10. The maximum atomic E-state index is 4.22. The monoisotopic (exact) mass is 299 g/mol. The minimum Gasteiger partial charge on any atom is -0.312 e. The first-order chi connectivity index (χ1) is 7.81. The Morgan fingerprint density at radius 1 is 1.53 bits per heavy atom. The summed E-state index contributed by atoms with van der Waals surface area (Å²) in [6.07, 6.45) is 5.11. The molecule has 0 unspecified atom stereocenters. The molecule has 0 spiro atoms. The fraction of sp³-hybridized carbons (Fsp3) is 0.615. The fourth-order valence-electron chi connectivity index (χ4n) is 1.69. The second kappa shape index (κ2) is 5.83. The van der Waals surface area contributed by atoms with E-state index in [1.807, 2.05) is 17.9 Å². The van der Waals surface area contributed by atoms with Gasteiger partial charge >= 0.3 is 0 Å². The van der Waals surface area contributed by atoms with Crippen molar-refractivity contribution in [3.8, 4) is 0 Å². The molecule has 0 saturated carbocycles.